The van der Waals surface area contributed by atoms with E-state index in [4.69, 9.17) is 0 Å². The maximum Gasteiger partial charge on any atom is 0.273 e. The van der Waals surface area contributed by atoms with E-state index in [2.05, 4.69) is 5.32 Å². The molecular formula is C17H19N3O3. The Labute approximate surface area is 134 Å². The summed E-state index contributed by atoms with van der Waals surface area (Å²) in [5.74, 6) is -0.222. The van der Waals surface area contributed by atoms with Crippen LogP contribution >= 0.6 is 0 Å². The van der Waals surface area contributed by atoms with Gasteiger partial charge < -0.3 is 10.2 Å². The van der Waals surface area contributed by atoms with Crippen LogP contribution < -0.4 is 10.2 Å². The summed E-state index contributed by atoms with van der Waals surface area (Å²) in [6, 6.07) is 16.2. The van der Waals surface area contributed by atoms with E-state index in [1.807, 2.05) is 42.3 Å². The standard InChI is InChI=1S/C17H19N3O3/c1-19(15-8-3-2-4-9-15)12-11-18-17(21)13-14-7-5-6-10-16(14)20(22)23/h2-10H,11-13H2,1H3,(H,18,21). The van der Waals surface area contributed by atoms with Crippen LogP contribution in [0.1, 0.15) is 5.56 Å². The lowest BCUT2D eigenvalue weighted by Crippen LogP contribution is -2.33. The molecule has 0 aliphatic heterocycles. The number of hydrogen-bond acceptors (Lipinski definition) is 4. The fraction of sp³-hybridized carbons (Fsp3) is 0.235. The Morgan fingerprint density at radius 1 is 1.13 bits per heavy atom. The topological polar surface area (TPSA) is 75.5 Å². The Morgan fingerprint density at radius 2 is 1.78 bits per heavy atom. The number of nitrogens with zero attached hydrogens (tertiary/aromatic N) is 2. The molecule has 0 fully saturated rings. The third-order valence-electron chi connectivity index (χ3n) is 3.51. The molecule has 0 heterocycles. The molecule has 0 spiro atoms. The van der Waals surface area contributed by atoms with E-state index in [9.17, 15) is 14.9 Å². The van der Waals surface area contributed by atoms with Crippen molar-refractivity contribution in [3.8, 4) is 0 Å². The highest BCUT2D eigenvalue weighted by atomic mass is 16.6. The second-order valence-corrected chi connectivity index (χ2v) is 5.17. The van der Waals surface area contributed by atoms with Crippen molar-refractivity contribution in [3.05, 3.63) is 70.3 Å². The van der Waals surface area contributed by atoms with Crippen LogP contribution in [0.3, 0.4) is 0 Å². The maximum atomic E-state index is 12.0. The van der Waals surface area contributed by atoms with Crippen LogP contribution in [0.2, 0.25) is 0 Å². The molecule has 0 aromatic heterocycles. The van der Waals surface area contributed by atoms with Gasteiger partial charge in [-0.3, -0.25) is 14.9 Å². The molecule has 2 aromatic carbocycles. The Morgan fingerprint density at radius 3 is 2.48 bits per heavy atom. The number of nitro groups is 1. The van der Waals surface area contributed by atoms with Crippen LogP contribution in [-0.2, 0) is 11.2 Å². The second kappa shape index (κ2) is 7.93. The Balaban J connectivity index is 1.83. The van der Waals surface area contributed by atoms with Crippen molar-refractivity contribution >= 4 is 17.3 Å². The molecule has 0 bridgehead atoms. The molecule has 120 valence electrons. The lowest BCUT2D eigenvalue weighted by molar-refractivity contribution is -0.385. The van der Waals surface area contributed by atoms with Gasteiger partial charge >= 0.3 is 0 Å². The lowest BCUT2D eigenvalue weighted by Gasteiger charge is -2.19. The van der Waals surface area contributed by atoms with Crippen molar-refractivity contribution in [1.29, 1.82) is 0 Å². The van der Waals surface area contributed by atoms with Crippen LogP contribution in [0.25, 0.3) is 0 Å². The summed E-state index contributed by atoms with van der Waals surface area (Å²) in [5, 5.41) is 13.7. The number of amides is 1. The fourth-order valence-corrected chi connectivity index (χ4v) is 2.25. The average molecular weight is 313 g/mol. The van der Waals surface area contributed by atoms with Crippen molar-refractivity contribution in [2.24, 2.45) is 0 Å². The molecule has 2 aromatic rings. The molecule has 0 saturated heterocycles. The van der Waals surface area contributed by atoms with Crippen LogP contribution in [0, 0.1) is 10.1 Å². The van der Waals surface area contributed by atoms with Crippen LogP contribution in [0.4, 0.5) is 11.4 Å². The first kappa shape index (κ1) is 16.5. The normalized spacial score (nSPS) is 10.1. The van der Waals surface area contributed by atoms with Gasteiger partial charge in [0.15, 0.2) is 0 Å². The monoisotopic (exact) mass is 313 g/mol. The SMILES string of the molecule is CN(CCNC(=O)Cc1ccccc1[N+](=O)[O-])c1ccccc1. The van der Waals surface area contributed by atoms with Crippen molar-refractivity contribution in [3.63, 3.8) is 0 Å². The molecule has 0 aliphatic rings. The molecule has 0 atom stereocenters. The molecule has 1 N–H and O–H groups in total. The number of carbonyl (C=O) groups excluding carboxylic acids is 1. The van der Waals surface area contributed by atoms with Gasteiger partial charge in [-0.05, 0) is 12.1 Å². The summed E-state index contributed by atoms with van der Waals surface area (Å²) in [6.45, 7) is 1.14. The van der Waals surface area contributed by atoms with Crippen molar-refractivity contribution < 1.29 is 9.72 Å². The van der Waals surface area contributed by atoms with Gasteiger partial charge in [0.2, 0.25) is 5.91 Å². The molecule has 2 rings (SSSR count). The predicted molar refractivity (Wildman–Crippen MR) is 89.5 cm³/mol. The smallest absolute Gasteiger partial charge is 0.273 e. The molecule has 23 heavy (non-hydrogen) atoms. The van der Waals surface area contributed by atoms with Gasteiger partial charge in [-0.25, -0.2) is 0 Å². The zero-order valence-corrected chi connectivity index (χ0v) is 12.9. The van der Waals surface area contributed by atoms with Gasteiger partial charge in [0.05, 0.1) is 11.3 Å². The van der Waals surface area contributed by atoms with Crippen molar-refractivity contribution in [2.45, 2.75) is 6.42 Å². The summed E-state index contributed by atoms with van der Waals surface area (Å²) >= 11 is 0. The maximum absolute atomic E-state index is 12.0. The van der Waals surface area contributed by atoms with Gasteiger partial charge in [0, 0.05) is 37.5 Å². The summed E-state index contributed by atoms with van der Waals surface area (Å²) < 4.78 is 0. The second-order valence-electron chi connectivity index (χ2n) is 5.17. The van der Waals surface area contributed by atoms with Crippen LogP contribution in [-0.4, -0.2) is 31.0 Å². The van der Waals surface area contributed by atoms with E-state index < -0.39 is 4.92 Å². The first-order valence-corrected chi connectivity index (χ1v) is 7.33. The highest BCUT2D eigenvalue weighted by molar-refractivity contribution is 5.79. The molecule has 0 saturated carbocycles. The van der Waals surface area contributed by atoms with E-state index >= 15 is 0 Å². The van der Waals surface area contributed by atoms with Crippen molar-refractivity contribution in [2.75, 3.05) is 25.0 Å². The highest BCUT2D eigenvalue weighted by Crippen LogP contribution is 2.17. The lowest BCUT2D eigenvalue weighted by atomic mass is 10.1. The Bertz CT molecular complexity index is 674. The number of para-hydroxylation sites is 2. The minimum absolute atomic E-state index is 0.00616. The minimum atomic E-state index is -0.466. The van der Waals surface area contributed by atoms with Gasteiger partial charge in [-0.1, -0.05) is 36.4 Å². The predicted octanol–water partition coefficient (Wildman–Crippen LogP) is 2.39. The number of likely N-dealkylation sites (N-methyl/N-ethyl adjacent to an activating group) is 1. The van der Waals surface area contributed by atoms with E-state index in [1.165, 1.54) is 6.07 Å². The van der Waals surface area contributed by atoms with Gasteiger partial charge in [-0.2, -0.15) is 0 Å². The van der Waals surface area contributed by atoms with Gasteiger partial charge in [0.25, 0.3) is 5.69 Å². The number of carbonyl (C=O) groups is 1. The third kappa shape index (κ3) is 4.81. The fourth-order valence-electron chi connectivity index (χ4n) is 2.25. The number of anilines is 1. The molecule has 6 heteroatoms. The molecular weight excluding hydrogens is 294 g/mol. The molecule has 0 unspecified atom stereocenters. The Hall–Kier alpha value is -2.89. The quantitative estimate of drug-likeness (QED) is 0.629. The zero-order chi connectivity index (χ0) is 16.7. The highest BCUT2D eigenvalue weighted by Gasteiger charge is 2.15. The average Bonchev–Trinajstić information content (AvgIpc) is 2.56. The number of hydrogen-bond donors (Lipinski definition) is 1. The Kier molecular flexibility index (Phi) is 5.68. The molecule has 0 aliphatic carbocycles. The number of nitrogens with one attached hydrogen (secondary N) is 1. The third-order valence-corrected chi connectivity index (χ3v) is 3.51. The summed E-state index contributed by atoms with van der Waals surface area (Å²) in [5.41, 5.74) is 1.47. The van der Waals surface area contributed by atoms with Gasteiger partial charge in [-0.15, -0.1) is 0 Å². The summed E-state index contributed by atoms with van der Waals surface area (Å²) in [4.78, 5) is 24.5. The summed E-state index contributed by atoms with van der Waals surface area (Å²) in [6.07, 6.45) is 0.00616. The minimum Gasteiger partial charge on any atom is -0.373 e. The zero-order valence-electron chi connectivity index (χ0n) is 12.9. The molecule has 1 amide bonds. The molecule has 6 nitrogen and oxygen atoms in total. The number of nitro benzene ring substituents is 1. The number of rotatable bonds is 7. The van der Waals surface area contributed by atoms with Crippen LogP contribution in [0.5, 0.6) is 0 Å². The van der Waals surface area contributed by atoms with Crippen molar-refractivity contribution in [1.82, 2.24) is 5.32 Å². The first-order valence-electron chi connectivity index (χ1n) is 7.33. The van der Waals surface area contributed by atoms with Crippen LogP contribution in [0.15, 0.2) is 54.6 Å². The number of benzene rings is 2. The van der Waals surface area contributed by atoms with E-state index in [-0.39, 0.29) is 18.0 Å². The van der Waals surface area contributed by atoms with E-state index in [0.717, 1.165) is 5.69 Å². The summed E-state index contributed by atoms with van der Waals surface area (Å²) in [7, 11) is 1.95. The molecule has 0 radical (unpaired) electrons. The van der Waals surface area contributed by atoms with E-state index in [1.54, 1.807) is 18.2 Å². The first-order chi connectivity index (χ1) is 11.1. The van der Waals surface area contributed by atoms with E-state index in [0.29, 0.717) is 18.7 Å². The largest absolute Gasteiger partial charge is 0.373 e. The van der Waals surface area contributed by atoms with Gasteiger partial charge in [0.1, 0.15) is 0 Å².